The third-order valence-corrected chi connectivity index (χ3v) is 4.94. The van der Waals surface area contributed by atoms with Crippen molar-refractivity contribution in [1.29, 1.82) is 0 Å². The van der Waals surface area contributed by atoms with Crippen LogP contribution in [0.1, 0.15) is 48.4 Å². The Labute approximate surface area is 149 Å². The Kier molecular flexibility index (Phi) is 6.43. The van der Waals surface area contributed by atoms with Gasteiger partial charge in [-0.25, -0.2) is 4.99 Å². The van der Waals surface area contributed by atoms with E-state index in [2.05, 4.69) is 67.7 Å². The summed E-state index contributed by atoms with van der Waals surface area (Å²) in [6.45, 7) is 11.0. The van der Waals surface area contributed by atoms with Crippen molar-refractivity contribution < 1.29 is 0 Å². The maximum atomic E-state index is 4.81. The molecule has 0 saturated carbocycles. The monoisotopic (exact) mass is 347 g/mol. The molecule has 0 radical (unpaired) electrons. The molecule has 0 unspecified atom stereocenters. The van der Waals surface area contributed by atoms with Gasteiger partial charge >= 0.3 is 0 Å². The number of guanidine groups is 1. The number of rotatable bonds is 6. The molecule has 6 heteroatoms. The van der Waals surface area contributed by atoms with Gasteiger partial charge in [-0.1, -0.05) is 13.8 Å². The Balaban J connectivity index is 2.14. The maximum absolute atomic E-state index is 4.81. The summed E-state index contributed by atoms with van der Waals surface area (Å²) in [7, 11) is 4.06. The molecule has 0 bridgehead atoms. The minimum atomic E-state index is 0.419. The molecule has 2 heterocycles. The molecule has 5 nitrogen and oxygen atoms in total. The van der Waals surface area contributed by atoms with Crippen molar-refractivity contribution in [3.63, 3.8) is 0 Å². The van der Waals surface area contributed by atoms with Crippen LogP contribution in [0.15, 0.2) is 22.6 Å². The van der Waals surface area contributed by atoms with Gasteiger partial charge in [0.1, 0.15) is 0 Å². The molecule has 0 aliphatic carbocycles. The van der Waals surface area contributed by atoms with Gasteiger partial charge in [0.2, 0.25) is 0 Å². The molecule has 0 aliphatic heterocycles. The number of aromatic nitrogens is 2. The number of thiophene rings is 1. The third kappa shape index (κ3) is 4.60. The molecule has 0 amide bonds. The number of aliphatic imine (C=N–C) groups is 1. The minimum absolute atomic E-state index is 0.419. The zero-order chi connectivity index (χ0) is 17.7. The summed E-state index contributed by atoms with van der Waals surface area (Å²) in [4.78, 5) is 8.31. The number of nitrogens with zero attached hydrogens (tertiary/aromatic N) is 4. The summed E-state index contributed by atoms with van der Waals surface area (Å²) < 4.78 is 1.90. The van der Waals surface area contributed by atoms with Crippen LogP contribution in [0.4, 0.5) is 0 Å². The summed E-state index contributed by atoms with van der Waals surface area (Å²) >= 11 is 1.77. The van der Waals surface area contributed by atoms with Crippen LogP contribution in [0, 0.1) is 6.92 Å². The first-order valence-corrected chi connectivity index (χ1v) is 9.35. The predicted molar refractivity (Wildman–Crippen MR) is 103 cm³/mol. The molecule has 1 N–H and O–H groups in total. The van der Waals surface area contributed by atoms with Crippen molar-refractivity contribution in [2.24, 2.45) is 12.0 Å². The zero-order valence-corrected chi connectivity index (χ0v) is 16.4. The van der Waals surface area contributed by atoms with Gasteiger partial charge in [0.25, 0.3) is 0 Å². The molecule has 0 saturated heterocycles. The second-order valence-corrected chi connectivity index (χ2v) is 7.42. The average molecular weight is 348 g/mol. The number of hydrogen-bond donors (Lipinski definition) is 1. The highest BCUT2D eigenvalue weighted by atomic mass is 32.1. The van der Waals surface area contributed by atoms with Crippen LogP contribution in [0.5, 0.6) is 0 Å². The van der Waals surface area contributed by atoms with E-state index >= 15 is 0 Å². The van der Waals surface area contributed by atoms with Crippen molar-refractivity contribution in [2.45, 2.75) is 46.7 Å². The molecule has 2 aromatic rings. The number of hydrogen-bond acceptors (Lipinski definition) is 3. The Morgan fingerprint density at radius 3 is 2.79 bits per heavy atom. The lowest BCUT2D eigenvalue weighted by Gasteiger charge is -2.22. The maximum Gasteiger partial charge on any atom is 0.194 e. The summed E-state index contributed by atoms with van der Waals surface area (Å²) in [5, 5.41) is 10.1. The Hall–Kier alpha value is -1.82. The highest BCUT2D eigenvalue weighted by Gasteiger charge is 2.15. The molecule has 2 rings (SSSR count). The van der Waals surface area contributed by atoms with E-state index in [-0.39, 0.29) is 0 Å². The van der Waals surface area contributed by atoms with E-state index < -0.39 is 0 Å². The third-order valence-electron chi connectivity index (χ3n) is 3.93. The number of nitrogens with one attached hydrogen (secondary N) is 1. The lowest BCUT2D eigenvalue weighted by atomic mass is 10.1. The van der Waals surface area contributed by atoms with Crippen LogP contribution in [0.25, 0.3) is 0 Å². The van der Waals surface area contributed by atoms with Crippen molar-refractivity contribution in [2.75, 3.05) is 13.6 Å². The summed E-state index contributed by atoms with van der Waals surface area (Å²) in [6.07, 6.45) is 2.11. The summed E-state index contributed by atoms with van der Waals surface area (Å²) in [5.74, 6) is 1.35. The minimum Gasteiger partial charge on any atom is -0.357 e. The van der Waals surface area contributed by atoms with Crippen LogP contribution < -0.4 is 5.32 Å². The first-order valence-electron chi connectivity index (χ1n) is 8.47. The Morgan fingerprint density at radius 1 is 1.46 bits per heavy atom. The fraction of sp³-hybridized carbons (Fsp3) is 0.556. The van der Waals surface area contributed by atoms with Gasteiger partial charge in [-0.2, -0.15) is 5.10 Å². The van der Waals surface area contributed by atoms with E-state index in [1.165, 1.54) is 16.0 Å². The fourth-order valence-corrected chi connectivity index (χ4v) is 3.51. The average Bonchev–Trinajstić information content (AvgIpc) is 3.09. The lowest BCUT2D eigenvalue weighted by molar-refractivity contribution is 0.473. The fourth-order valence-electron chi connectivity index (χ4n) is 2.68. The topological polar surface area (TPSA) is 45.5 Å². The van der Waals surface area contributed by atoms with Crippen LogP contribution in [-0.2, 0) is 20.1 Å². The molecule has 24 heavy (non-hydrogen) atoms. The van der Waals surface area contributed by atoms with E-state index in [0.717, 1.165) is 31.3 Å². The van der Waals surface area contributed by atoms with Crippen molar-refractivity contribution in [3.05, 3.63) is 39.3 Å². The molecule has 0 fully saturated rings. The van der Waals surface area contributed by atoms with Gasteiger partial charge in [-0.15, -0.1) is 11.3 Å². The van der Waals surface area contributed by atoms with Gasteiger partial charge in [-0.3, -0.25) is 4.68 Å². The van der Waals surface area contributed by atoms with Gasteiger partial charge < -0.3 is 10.2 Å². The Bertz CT molecular complexity index is 683. The van der Waals surface area contributed by atoms with Gasteiger partial charge in [-0.05, 0) is 36.8 Å². The van der Waals surface area contributed by atoms with Crippen molar-refractivity contribution >= 4 is 17.3 Å². The van der Waals surface area contributed by atoms with Crippen LogP contribution in [0.3, 0.4) is 0 Å². The Morgan fingerprint density at radius 2 is 2.21 bits per heavy atom. The highest BCUT2D eigenvalue weighted by Crippen LogP contribution is 2.19. The van der Waals surface area contributed by atoms with Gasteiger partial charge in [0.15, 0.2) is 5.96 Å². The largest absolute Gasteiger partial charge is 0.357 e. The molecule has 132 valence electrons. The lowest BCUT2D eigenvalue weighted by Crippen LogP contribution is -2.38. The smallest absolute Gasteiger partial charge is 0.194 e. The molecular formula is C18H29N5S. The van der Waals surface area contributed by atoms with E-state index in [9.17, 15) is 0 Å². The molecule has 0 atom stereocenters. The second-order valence-electron chi connectivity index (χ2n) is 6.42. The molecule has 0 aromatic carbocycles. The van der Waals surface area contributed by atoms with Crippen LogP contribution in [-0.4, -0.2) is 34.2 Å². The van der Waals surface area contributed by atoms with E-state index in [1.807, 2.05) is 11.7 Å². The van der Waals surface area contributed by atoms with E-state index in [4.69, 9.17) is 4.99 Å². The van der Waals surface area contributed by atoms with Crippen LogP contribution >= 0.6 is 11.3 Å². The molecule has 2 aromatic heterocycles. The van der Waals surface area contributed by atoms with Gasteiger partial charge in [0, 0.05) is 43.8 Å². The zero-order valence-electron chi connectivity index (χ0n) is 15.6. The molecule has 0 spiro atoms. The highest BCUT2D eigenvalue weighted by molar-refractivity contribution is 7.10. The first kappa shape index (κ1) is 18.5. The normalized spacial score (nSPS) is 12.0. The first-order chi connectivity index (χ1) is 11.4. The SMILES string of the molecule is CCNC(=NCc1sccc1C)N(C)Cc1cn(C)nc1C(C)C. The van der Waals surface area contributed by atoms with E-state index in [1.54, 1.807) is 11.3 Å². The van der Waals surface area contributed by atoms with Crippen molar-refractivity contribution in [1.82, 2.24) is 20.0 Å². The van der Waals surface area contributed by atoms with Crippen LogP contribution in [0.2, 0.25) is 0 Å². The van der Waals surface area contributed by atoms with Gasteiger partial charge in [0.05, 0.1) is 12.2 Å². The van der Waals surface area contributed by atoms with Crippen molar-refractivity contribution in [3.8, 4) is 0 Å². The summed E-state index contributed by atoms with van der Waals surface area (Å²) in [6, 6.07) is 2.15. The quantitative estimate of drug-likeness (QED) is 0.642. The number of aryl methyl sites for hydroxylation is 2. The van der Waals surface area contributed by atoms with E-state index in [0.29, 0.717) is 5.92 Å². The molecule has 0 aliphatic rings. The second kappa shape index (κ2) is 8.33. The summed E-state index contributed by atoms with van der Waals surface area (Å²) in [5.41, 5.74) is 3.74. The standard InChI is InChI=1S/C18H29N5S/c1-7-19-18(20-10-16-14(4)8-9-24-16)22(5)11-15-12-23(6)21-17(15)13(2)3/h8-9,12-13H,7,10-11H2,1-6H3,(H,19,20). The molecular weight excluding hydrogens is 318 g/mol. The predicted octanol–water partition coefficient (Wildman–Crippen LogP) is 3.51.